The fourth-order valence-corrected chi connectivity index (χ4v) is 0.936. The third kappa shape index (κ3) is 3.71. The lowest BCUT2D eigenvalue weighted by atomic mass is 10.3. The van der Waals surface area contributed by atoms with Crippen molar-refractivity contribution in [2.24, 2.45) is 0 Å². The summed E-state index contributed by atoms with van der Waals surface area (Å²) >= 11 is 0. The molecular weight excluding hydrogens is 227 g/mol. The van der Waals surface area contributed by atoms with Crippen molar-refractivity contribution in [2.75, 3.05) is 11.9 Å². The fourth-order valence-electron chi connectivity index (χ4n) is 0.936. The normalized spacial score (nSPS) is 11.2. The molecular formula is C8H8F3N3O2. The molecule has 1 heterocycles. The molecule has 0 aliphatic rings. The Morgan fingerprint density at radius 1 is 1.50 bits per heavy atom. The van der Waals surface area contributed by atoms with E-state index in [1.54, 1.807) is 0 Å². The number of nitrogens with zero attached hydrogens (tertiary/aromatic N) is 2. The maximum atomic E-state index is 11.9. The Balaban J connectivity index is 2.85. The number of anilines is 1. The first kappa shape index (κ1) is 12.2. The monoisotopic (exact) mass is 235 g/mol. The predicted molar refractivity (Wildman–Crippen MR) is 48.3 cm³/mol. The van der Waals surface area contributed by atoms with Crippen LogP contribution in [-0.2, 0) is 0 Å². The van der Waals surface area contributed by atoms with Gasteiger partial charge in [-0.1, -0.05) is 0 Å². The van der Waals surface area contributed by atoms with Gasteiger partial charge in [-0.15, -0.1) is 0 Å². The second-order valence-electron chi connectivity index (χ2n) is 2.99. The van der Waals surface area contributed by atoms with Crippen molar-refractivity contribution in [2.45, 2.75) is 13.1 Å². The molecule has 0 saturated heterocycles. The van der Waals surface area contributed by atoms with Gasteiger partial charge in [0.2, 0.25) is 5.95 Å². The molecule has 1 aromatic rings. The van der Waals surface area contributed by atoms with Crippen LogP contribution in [0.15, 0.2) is 6.07 Å². The zero-order valence-electron chi connectivity index (χ0n) is 8.17. The van der Waals surface area contributed by atoms with Crippen molar-refractivity contribution in [3.8, 4) is 0 Å². The van der Waals surface area contributed by atoms with Crippen LogP contribution in [0.1, 0.15) is 16.2 Å². The molecule has 0 bridgehead atoms. The number of halogens is 3. The third-order valence-electron chi connectivity index (χ3n) is 1.52. The van der Waals surface area contributed by atoms with Gasteiger partial charge in [0, 0.05) is 5.69 Å². The van der Waals surface area contributed by atoms with E-state index >= 15 is 0 Å². The predicted octanol–water partition coefficient (Wildman–Crippen LogP) is 1.46. The van der Waals surface area contributed by atoms with E-state index in [0.29, 0.717) is 0 Å². The lowest BCUT2D eigenvalue weighted by Crippen LogP contribution is -2.23. The van der Waals surface area contributed by atoms with Crippen LogP contribution in [0.5, 0.6) is 0 Å². The summed E-state index contributed by atoms with van der Waals surface area (Å²) in [7, 11) is 0. The summed E-state index contributed by atoms with van der Waals surface area (Å²) in [4.78, 5) is 17.6. The van der Waals surface area contributed by atoms with Crippen molar-refractivity contribution in [3.05, 3.63) is 17.5 Å². The van der Waals surface area contributed by atoms with Crippen LogP contribution < -0.4 is 5.32 Å². The molecule has 88 valence electrons. The summed E-state index contributed by atoms with van der Waals surface area (Å²) < 4.78 is 35.6. The van der Waals surface area contributed by atoms with Crippen LogP contribution in [0.25, 0.3) is 0 Å². The molecule has 0 radical (unpaired) electrons. The molecule has 5 nitrogen and oxygen atoms in total. The van der Waals surface area contributed by atoms with Crippen molar-refractivity contribution in [1.82, 2.24) is 9.97 Å². The van der Waals surface area contributed by atoms with Gasteiger partial charge in [0.05, 0.1) is 0 Å². The van der Waals surface area contributed by atoms with Crippen LogP contribution in [0.2, 0.25) is 0 Å². The highest BCUT2D eigenvalue weighted by Crippen LogP contribution is 2.15. The molecule has 0 atom stereocenters. The molecule has 0 amide bonds. The van der Waals surface area contributed by atoms with Gasteiger partial charge >= 0.3 is 12.1 Å². The summed E-state index contributed by atoms with van der Waals surface area (Å²) in [5, 5.41) is 10.5. The number of carboxylic acids is 1. The largest absolute Gasteiger partial charge is 0.477 e. The van der Waals surface area contributed by atoms with E-state index in [9.17, 15) is 18.0 Å². The number of rotatable bonds is 3. The van der Waals surface area contributed by atoms with E-state index in [-0.39, 0.29) is 17.3 Å². The Morgan fingerprint density at radius 2 is 2.12 bits per heavy atom. The first-order valence-electron chi connectivity index (χ1n) is 4.17. The van der Waals surface area contributed by atoms with Gasteiger partial charge in [0.25, 0.3) is 0 Å². The molecule has 16 heavy (non-hydrogen) atoms. The van der Waals surface area contributed by atoms with Crippen molar-refractivity contribution < 1.29 is 23.1 Å². The van der Waals surface area contributed by atoms with E-state index in [4.69, 9.17) is 5.11 Å². The number of hydrogen-bond acceptors (Lipinski definition) is 4. The number of carbonyl (C=O) groups is 1. The lowest BCUT2D eigenvalue weighted by molar-refractivity contribution is -0.115. The molecule has 1 rings (SSSR count). The van der Waals surface area contributed by atoms with Gasteiger partial charge in [0.1, 0.15) is 6.54 Å². The van der Waals surface area contributed by atoms with Crippen molar-refractivity contribution >= 4 is 11.9 Å². The van der Waals surface area contributed by atoms with Crippen molar-refractivity contribution in [1.29, 1.82) is 0 Å². The minimum Gasteiger partial charge on any atom is -0.477 e. The van der Waals surface area contributed by atoms with Crippen molar-refractivity contribution in [3.63, 3.8) is 0 Å². The zero-order valence-corrected chi connectivity index (χ0v) is 8.17. The van der Waals surface area contributed by atoms with Gasteiger partial charge in [-0.3, -0.25) is 0 Å². The van der Waals surface area contributed by atoms with Gasteiger partial charge in [0.15, 0.2) is 5.69 Å². The summed E-state index contributed by atoms with van der Waals surface area (Å²) in [6.45, 7) is 0.155. The summed E-state index contributed by atoms with van der Waals surface area (Å²) in [5.74, 6) is -1.67. The first-order valence-corrected chi connectivity index (χ1v) is 4.17. The van der Waals surface area contributed by atoms with Gasteiger partial charge in [-0.2, -0.15) is 13.2 Å². The number of alkyl halides is 3. The van der Waals surface area contributed by atoms with E-state index in [2.05, 4.69) is 9.97 Å². The fraction of sp³-hybridized carbons (Fsp3) is 0.375. The van der Waals surface area contributed by atoms with E-state index < -0.39 is 18.7 Å². The molecule has 0 fully saturated rings. The molecule has 2 N–H and O–H groups in total. The number of aromatic carboxylic acids is 1. The van der Waals surface area contributed by atoms with Gasteiger partial charge in [-0.05, 0) is 13.0 Å². The molecule has 0 aliphatic heterocycles. The number of carboxylic acid groups (broad SMARTS) is 1. The second-order valence-corrected chi connectivity index (χ2v) is 2.99. The number of aryl methyl sites for hydroxylation is 1. The molecule has 1 aromatic heterocycles. The Hall–Kier alpha value is -1.86. The minimum atomic E-state index is -4.41. The van der Waals surface area contributed by atoms with Crippen LogP contribution in [-0.4, -0.2) is 33.8 Å². The second kappa shape index (κ2) is 4.33. The van der Waals surface area contributed by atoms with Crippen LogP contribution in [0.4, 0.5) is 19.1 Å². The average Bonchev–Trinajstić information content (AvgIpc) is 2.13. The Bertz CT molecular complexity index is 406. The highest BCUT2D eigenvalue weighted by molar-refractivity contribution is 5.85. The Labute approximate surface area is 88.3 Å². The highest BCUT2D eigenvalue weighted by Gasteiger charge is 2.27. The smallest absolute Gasteiger partial charge is 0.405 e. The summed E-state index contributed by atoms with van der Waals surface area (Å²) in [5.41, 5.74) is -0.0748. The maximum Gasteiger partial charge on any atom is 0.405 e. The van der Waals surface area contributed by atoms with E-state index in [1.165, 1.54) is 13.0 Å². The van der Waals surface area contributed by atoms with Gasteiger partial charge in [-0.25, -0.2) is 14.8 Å². The Morgan fingerprint density at radius 3 is 2.62 bits per heavy atom. The summed E-state index contributed by atoms with van der Waals surface area (Å²) in [6, 6.07) is 1.17. The molecule has 0 saturated carbocycles. The maximum absolute atomic E-state index is 11.9. The first-order chi connectivity index (χ1) is 7.28. The van der Waals surface area contributed by atoms with Crippen LogP contribution in [0, 0.1) is 6.92 Å². The summed E-state index contributed by atoms with van der Waals surface area (Å²) in [6.07, 6.45) is -4.41. The standard InChI is InChI=1S/C8H8F3N3O2/c1-4-2-5(6(15)16)14-7(13-4)12-3-8(9,10)11/h2H,3H2,1H3,(H,15,16)(H,12,13,14). The van der Waals surface area contributed by atoms with E-state index in [1.807, 2.05) is 5.32 Å². The minimum absolute atomic E-state index is 0.275. The number of hydrogen-bond donors (Lipinski definition) is 2. The quantitative estimate of drug-likeness (QED) is 0.829. The van der Waals surface area contributed by atoms with E-state index in [0.717, 1.165) is 0 Å². The number of aromatic nitrogens is 2. The highest BCUT2D eigenvalue weighted by atomic mass is 19.4. The average molecular weight is 235 g/mol. The zero-order chi connectivity index (χ0) is 12.3. The van der Waals surface area contributed by atoms with Crippen LogP contribution in [0.3, 0.4) is 0 Å². The molecule has 0 spiro atoms. The molecule has 0 unspecified atom stereocenters. The Kier molecular flexibility index (Phi) is 3.31. The van der Waals surface area contributed by atoms with Crippen LogP contribution >= 0.6 is 0 Å². The topological polar surface area (TPSA) is 75.1 Å². The third-order valence-corrected chi connectivity index (χ3v) is 1.52. The lowest BCUT2D eigenvalue weighted by Gasteiger charge is -2.08. The molecule has 0 aromatic carbocycles. The molecule has 8 heteroatoms. The SMILES string of the molecule is Cc1cc(C(=O)O)nc(NCC(F)(F)F)n1. The van der Waals surface area contributed by atoms with Gasteiger partial charge < -0.3 is 10.4 Å². The number of nitrogens with one attached hydrogen (secondary N) is 1. The molecule has 0 aliphatic carbocycles.